The maximum absolute atomic E-state index is 9.76. The van der Waals surface area contributed by atoms with Gasteiger partial charge < -0.3 is 5.11 Å². The van der Waals surface area contributed by atoms with E-state index < -0.39 is 5.60 Å². The van der Waals surface area contributed by atoms with Crippen LogP contribution in [0.2, 0.25) is 5.02 Å². The van der Waals surface area contributed by atoms with Crippen LogP contribution in [0.3, 0.4) is 0 Å². The van der Waals surface area contributed by atoms with Crippen LogP contribution in [0.4, 0.5) is 0 Å². The average Bonchev–Trinajstić information content (AvgIpc) is 2.17. The van der Waals surface area contributed by atoms with Crippen LogP contribution in [0.1, 0.15) is 20.3 Å². The SMILES string of the molecule is CCC(C)(O)CSc1ccc(Cl)cn1. The van der Waals surface area contributed by atoms with Gasteiger partial charge in [0.25, 0.3) is 0 Å². The van der Waals surface area contributed by atoms with Crippen molar-refractivity contribution in [3.05, 3.63) is 23.4 Å². The van der Waals surface area contributed by atoms with Crippen LogP contribution in [0, 0.1) is 0 Å². The summed E-state index contributed by atoms with van der Waals surface area (Å²) in [7, 11) is 0. The third kappa shape index (κ3) is 3.86. The molecule has 0 aromatic carbocycles. The van der Waals surface area contributed by atoms with E-state index in [0.29, 0.717) is 10.8 Å². The van der Waals surface area contributed by atoms with Crippen molar-refractivity contribution in [2.75, 3.05) is 5.75 Å². The Balaban J connectivity index is 2.50. The molecule has 1 aromatic heterocycles. The monoisotopic (exact) mass is 231 g/mol. The normalized spacial score (nSPS) is 15.1. The first kappa shape index (κ1) is 11.8. The molecule has 1 unspecified atom stereocenters. The molecule has 0 aliphatic rings. The van der Waals surface area contributed by atoms with Crippen molar-refractivity contribution in [2.24, 2.45) is 0 Å². The van der Waals surface area contributed by atoms with E-state index in [-0.39, 0.29) is 0 Å². The number of nitrogens with zero attached hydrogens (tertiary/aromatic N) is 1. The first-order chi connectivity index (χ1) is 6.53. The van der Waals surface area contributed by atoms with Gasteiger partial charge in [0, 0.05) is 11.9 Å². The molecule has 0 fully saturated rings. The molecule has 0 saturated heterocycles. The van der Waals surface area contributed by atoms with Crippen molar-refractivity contribution in [2.45, 2.75) is 30.9 Å². The Morgan fingerprint density at radius 3 is 2.79 bits per heavy atom. The summed E-state index contributed by atoms with van der Waals surface area (Å²) in [5.41, 5.74) is -0.619. The van der Waals surface area contributed by atoms with Gasteiger partial charge in [0.2, 0.25) is 0 Å². The fourth-order valence-corrected chi connectivity index (χ4v) is 1.85. The van der Waals surface area contributed by atoms with Gasteiger partial charge >= 0.3 is 0 Å². The summed E-state index contributed by atoms with van der Waals surface area (Å²) in [6, 6.07) is 3.66. The van der Waals surface area contributed by atoms with Gasteiger partial charge in [-0.05, 0) is 25.5 Å². The van der Waals surface area contributed by atoms with Crippen molar-refractivity contribution in [3.8, 4) is 0 Å². The van der Waals surface area contributed by atoms with Crippen LogP contribution in [0.15, 0.2) is 23.4 Å². The number of pyridine rings is 1. The Bertz CT molecular complexity index is 287. The topological polar surface area (TPSA) is 33.1 Å². The summed E-state index contributed by atoms with van der Waals surface area (Å²) < 4.78 is 0. The zero-order valence-corrected chi connectivity index (χ0v) is 9.90. The second kappa shape index (κ2) is 5.01. The second-order valence-electron chi connectivity index (χ2n) is 3.45. The molecule has 1 heterocycles. The van der Waals surface area contributed by atoms with Crippen LogP contribution in [-0.4, -0.2) is 21.4 Å². The number of hydrogen-bond donors (Lipinski definition) is 1. The number of halogens is 1. The summed E-state index contributed by atoms with van der Waals surface area (Å²) in [5.74, 6) is 0.651. The maximum Gasteiger partial charge on any atom is 0.0961 e. The fraction of sp³-hybridized carbons (Fsp3) is 0.500. The molecule has 78 valence electrons. The van der Waals surface area contributed by atoms with Gasteiger partial charge in [0.15, 0.2) is 0 Å². The van der Waals surface area contributed by atoms with Crippen molar-refractivity contribution in [1.29, 1.82) is 0 Å². The Hall–Kier alpha value is -0.250. The molecule has 0 aliphatic heterocycles. The summed E-state index contributed by atoms with van der Waals surface area (Å²) in [6.07, 6.45) is 2.36. The van der Waals surface area contributed by atoms with E-state index in [9.17, 15) is 5.11 Å². The highest BCUT2D eigenvalue weighted by molar-refractivity contribution is 7.99. The molecule has 0 bridgehead atoms. The molecule has 0 amide bonds. The lowest BCUT2D eigenvalue weighted by Crippen LogP contribution is -2.25. The minimum atomic E-state index is -0.619. The Morgan fingerprint density at radius 2 is 2.29 bits per heavy atom. The molecule has 1 atom stereocenters. The average molecular weight is 232 g/mol. The third-order valence-electron chi connectivity index (χ3n) is 1.99. The summed E-state index contributed by atoms with van der Waals surface area (Å²) in [5, 5.41) is 11.3. The number of hydrogen-bond acceptors (Lipinski definition) is 3. The first-order valence-corrected chi connectivity index (χ1v) is 5.86. The quantitative estimate of drug-likeness (QED) is 0.809. The molecule has 2 nitrogen and oxygen atoms in total. The predicted octanol–water partition coefficient (Wildman–Crippen LogP) is 2.99. The van der Waals surface area contributed by atoms with Gasteiger partial charge in [0.1, 0.15) is 0 Å². The smallest absolute Gasteiger partial charge is 0.0961 e. The largest absolute Gasteiger partial charge is 0.389 e. The van der Waals surface area contributed by atoms with E-state index in [2.05, 4.69) is 4.98 Å². The molecule has 1 rings (SSSR count). The molecule has 1 N–H and O–H groups in total. The van der Waals surface area contributed by atoms with Crippen LogP contribution in [0.5, 0.6) is 0 Å². The Kier molecular flexibility index (Phi) is 4.23. The molecule has 0 spiro atoms. The molecule has 0 saturated carbocycles. The Morgan fingerprint density at radius 1 is 1.57 bits per heavy atom. The molecule has 14 heavy (non-hydrogen) atoms. The van der Waals surface area contributed by atoms with E-state index in [4.69, 9.17) is 11.6 Å². The zero-order valence-electron chi connectivity index (χ0n) is 8.33. The van der Waals surface area contributed by atoms with Crippen LogP contribution >= 0.6 is 23.4 Å². The van der Waals surface area contributed by atoms with Crippen molar-refractivity contribution >= 4 is 23.4 Å². The lowest BCUT2D eigenvalue weighted by atomic mass is 10.1. The fourth-order valence-electron chi connectivity index (χ4n) is 0.779. The van der Waals surface area contributed by atoms with Crippen LogP contribution in [0.25, 0.3) is 0 Å². The van der Waals surface area contributed by atoms with Gasteiger partial charge in [-0.1, -0.05) is 18.5 Å². The molecular formula is C10H14ClNOS. The molecule has 1 aromatic rings. The maximum atomic E-state index is 9.76. The van der Waals surface area contributed by atoms with Crippen LogP contribution < -0.4 is 0 Å². The predicted molar refractivity (Wildman–Crippen MR) is 60.9 cm³/mol. The first-order valence-electron chi connectivity index (χ1n) is 4.50. The van der Waals surface area contributed by atoms with E-state index >= 15 is 0 Å². The van der Waals surface area contributed by atoms with Gasteiger partial charge in [-0.25, -0.2) is 4.98 Å². The molecule has 0 aliphatic carbocycles. The second-order valence-corrected chi connectivity index (χ2v) is 4.89. The van der Waals surface area contributed by atoms with E-state index in [1.54, 1.807) is 24.0 Å². The molecular weight excluding hydrogens is 218 g/mol. The van der Waals surface area contributed by atoms with Gasteiger partial charge in [-0.3, -0.25) is 0 Å². The van der Waals surface area contributed by atoms with Gasteiger partial charge in [-0.2, -0.15) is 0 Å². The summed E-state index contributed by atoms with van der Waals surface area (Å²) >= 11 is 7.25. The molecule has 0 radical (unpaired) electrons. The highest BCUT2D eigenvalue weighted by Crippen LogP contribution is 2.23. The van der Waals surface area contributed by atoms with Crippen molar-refractivity contribution in [1.82, 2.24) is 4.98 Å². The van der Waals surface area contributed by atoms with E-state index in [0.717, 1.165) is 11.4 Å². The number of rotatable bonds is 4. The third-order valence-corrected chi connectivity index (χ3v) is 3.52. The van der Waals surface area contributed by atoms with Gasteiger partial charge in [0.05, 0.1) is 15.6 Å². The summed E-state index contributed by atoms with van der Waals surface area (Å²) in [4.78, 5) is 4.14. The Labute approximate surface area is 93.7 Å². The van der Waals surface area contributed by atoms with Crippen molar-refractivity contribution in [3.63, 3.8) is 0 Å². The standard InChI is InChI=1S/C10H14ClNOS/c1-3-10(2,13)7-14-9-5-4-8(11)6-12-9/h4-6,13H,3,7H2,1-2H3. The van der Waals surface area contributed by atoms with Crippen LogP contribution in [-0.2, 0) is 0 Å². The summed E-state index contributed by atoms with van der Waals surface area (Å²) in [6.45, 7) is 3.80. The highest BCUT2D eigenvalue weighted by Gasteiger charge is 2.17. The minimum Gasteiger partial charge on any atom is -0.389 e. The van der Waals surface area contributed by atoms with Gasteiger partial charge in [-0.15, -0.1) is 11.8 Å². The van der Waals surface area contributed by atoms with E-state index in [1.165, 1.54) is 0 Å². The zero-order chi connectivity index (χ0) is 10.6. The number of aliphatic hydroxyl groups is 1. The minimum absolute atomic E-state index is 0.619. The number of aromatic nitrogens is 1. The lowest BCUT2D eigenvalue weighted by molar-refractivity contribution is 0.0815. The highest BCUT2D eigenvalue weighted by atomic mass is 35.5. The molecule has 4 heteroatoms. The lowest BCUT2D eigenvalue weighted by Gasteiger charge is -2.19. The number of thioether (sulfide) groups is 1. The van der Waals surface area contributed by atoms with E-state index in [1.807, 2.05) is 19.9 Å². The van der Waals surface area contributed by atoms with Crippen molar-refractivity contribution < 1.29 is 5.11 Å².